The molecule has 2 rings (SSSR count). The van der Waals surface area contributed by atoms with E-state index >= 15 is 0 Å². The lowest BCUT2D eigenvalue weighted by molar-refractivity contribution is -0.112. The van der Waals surface area contributed by atoms with Crippen molar-refractivity contribution in [2.45, 2.75) is 0 Å². The number of amides is 1. The van der Waals surface area contributed by atoms with Crippen molar-refractivity contribution in [2.24, 2.45) is 5.73 Å². The van der Waals surface area contributed by atoms with E-state index in [1.807, 2.05) is 24.3 Å². The number of phenolic OH excluding ortho intramolecular Hbond substituents is 1. The lowest BCUT2D eigenvalue weighted by Crippen LogP contribution is -2.12. The molecule has 108 valence electrons. The van der Waals surface area contributed by atoms with Crippen molar-refractivity contribution in [1.29, 1.82) is 0 Å². The van der Waals surface area contributed by atoms with Crippen molar-refractivity contribution in [3.63, 3.8) is 0 Å². The Morgan fingerprint density at radius 3 is 2.62 bits per heavy atom. The Balaban J connectivity index is 2.47. The van der Waals surface area contributed by atoms with Gasteiger partial charge in [-0.1, -0.05) is 18.2 Å². The Kier molecular flexibility index (Phi) is 4.85. The number of nitrogens with two attached hydrogens (primary N) is 1. The van der Waals surface area contributed by atoms with E-state index in [1.54, 1.807) is 18.2 Å². The fourth-order valence-corrected chi connectivity index (χ4v) is 2.46. The lowest BCUT2D eigenvalue weighted by Gasteiger charge is -2.07. The summed E-state index contributed by atoms with van der Waals surface area (Å²) in [5.74, 6) is -0.132. The number of carbonyl (C=O) groups excluding carboxylic acids is 1. The van der Waals surface area contributed by atoms with Crippen LogP contribution in [-0.4, -0.2) is 18.1 Å². The molecule has 0 saturated carbocycles. The first-order valence-electron chi connectivity index (χ1n) is 6.15. The van der Waals surface area contributed by atoms with E-state index in [2.05, 4.69) is 22.6 Å². The van der Waals surface area contributed by atoms with Crippen LogP contribution in [0, 0.1) is 3.57 Å². The van der Waals surface area contributed by atoms with E-state index in [0.29, 0.717) is 16.9 Å². The predicted molar refractivity (Wildman–Crippen MR) is 90.9 cm³/mol. The van der Waals surface area contributed by atoms with Gasteiger partial charge in [0.1, 0.15) is 0 Å². The van der Waals surface area contributed by atoms with Crippen molar-refractivity contribution in [2.75, 3.05) is 7.11 Å². The molecule has 0 fully saturated rings. The van der Waals surface area contributed by atoms with Crippen LogP contribution in [0.1, 0.15) is 11.1 Å². The molecule has 1 amide bonds. The fraction of sp³-hybridized carbons (Fsp3) is 0.0625. The first-order chi connectivity index (χ1) is 10.0. The summed E-state index contributed by atoms with van der Waals surface area (Å²) in [5, 5.41) is 9.79. The van der Waals surface area contributed by atoms with Crippen molar-refractivity contribution in [3.05, 3.63) is 57.2 Å². The molecule has 0 aliphatic rings. The van der Waals surface area contributed by atoms with Crippen molar-refractivity contribution in [1.82, 2.24) is 0 Å². The first-order valence-corrected chi connectivity index (χ1v) is 7.23. The standard InChI is InChI=1S/C16H14INO3/c1-21-15-6-5-10(8-14(15)19)7-13(16(18)20)11-3-2-4-12(17)9-11/h2-9,19H,1H3,(H2,18,20)/b13-7+. The summed E-state index contributed by atoms with van der Waals surface area (Å²) >= 11 is 2.17. The summed E-state index contributed by atoms with van der Waals surface area (Å²) in [6, 6.07) is 12.4. The van der Waals surface area contributed by atoms with Crippen LogP contribution in [-0.2, 0) is 4.79 Å². The maximum Gasteiger partial charge on any atom is 0.249 e. The van der Waals surface area contributed by atoms with Crippen LogP contribution in [0.4, 0.5) is 0 Å². The number of primary amides is 1. The average molecular weight is 395 g/mol. The largest absolute Gasteiger partial charge is 0.504 e. The molecule has 3 N–H and O–H groups in total. The fourth-order valence-electron chi connectivity index (χ4n) is 1.92. The number of phenols is 1. The van der Waals surface area contributed by atoms with Crippen LogP contribution in [0.15, 0.2) is 42.5 Å². The quantitative estimate of drug-likeness (QED) is 0.475. The van der Waals surface area contributed by atoms with Crippen molar-refractivity contribution >= 4 is 40.1 Å². The Morgan fingerprint density at radius 1 is 1.29 bits per heavy atom. The van der Waals surface area contributed by atoms with Gasteiger partial charge in [0.25, 0.3) is 0 Å². The molecule has 0 bridgehead atoms. The summed E-state index contributed by atoms with van der Waals surface area (Å²) in [7, 11) is 1.48. The minimum atomic E-state index is -0.521. The summed E-state index contributed by atoms with van der Waals surface area (Å²) in [4.78, 5) is 11.7. The topological polar surface area (TPSA) is 72.5 Å². The molecule has 0 aliphatic carbocycles. The number of rotatable bonds is 4. The second-order valence-electron chi connectivity index (χ2n) is 4.36. The van der Waals surface area contributed by atoms with Crippen LogP contribution < -0.4 is 10.5 Å². The van der Waals surface area contributed by atoms with Crippen LogP contribution in [0.5, 0.6) is 11.5 Å². The Bertz CT molecular complexity index is 710. The van der Waals surface area contributed by atoms with E-state index in [9.17, 15) is 9.90 Å². The van der Waals surface area contributed by atoms with Crippen LogP contribution in [0.3, 0.4) is 0 Å². The van der Waals surface area contributed by atoms with E-state index in [4.69, 9.17) is 10.5 Å². The molecule has 0 heterocycles. The zero-order chi connectivity index (χ0) is 15.4. The van der Waals surface area contributed by atoms with Gasteiger partial charge in [-0.15, -0.1) is 0 Å². The minimum Gasteiger partial charge on any atom is -0.504 e. The number of carbonyl (C=O) groups is 1. The number of aromatic hydroxyl groups is 1. The molecule has 0 unspecified atom stereocenters. The zero-order valence-corrected chi connectivity index (χ0v) is 13.5. The Labute approximate surface area is 136 Å². The number of hydrogen-bond acceptors (Lipinski definition) is 3. The van der Waals surface area contributed by atoms with Gasteiger partial charge in [-0.2, -0.15) is 0 Å². The van der Waals surface area contributed by atoms with Gasteiger partial charge in [-0.25, -0.2) is 0 Å². The average Bonchev–Trinajstić information content (AvgIpc) is 2.44. The molecule has 2 aromatic carbocycles. The van der Waals surface area contributed by atoms with E-state index < -0.39 is 5.91 Å². The molecular weight excluding hydrogens is 381 g/mol. The molecule has 0 atom stereocenters. The van der Waals surface area contributed by atoms with Crippen LogP contribution in [0.2, 0.25) is 0 Å². The maximum atomic E-state index is 11.7. The van der Waals surface area contributed by atoms with Gasteiger partial charge >= 0.3 is 0 Å². The molecule has 5 heteroatoms. The van der Waals surface area contributed by atoms with Crippen LogP contribution >= 0.6 is 22.6 Å². The molecule has 0 aliphatic heterocycles. The number of hydrogen-bond donors (Lipinski definition) is 2. The summed E-state index contributed by atoms with van der Waals surface area (Å²) in [5.41, 5.74) is 7.26. The van der Waals surface area contributed by atoms with Crippen molar-refractivity contribution in [3.8, 4) is 11.5 Å². The van der Waals surface area contributed by atoms with E-state index in [1.165, 1.54) is 13.2 Å². The SMILES string of the molecule is COc1ccc(/C=C(/C(N)=O)c2cccc(I)c2)cc1O. The molecule has 0 radical (unpaired) electrons. The lowest BCUT2D eigenvalue weighted by atomic mass is 10.0. The minimum absolute atomic E-state index is 0.0118. The van der Waals surface area contributed by atoms with Gasteiger partial charge in [0.15, 0.2) is 11.5 Å². The third-order valence-corrected chi connectivity index (χ3v) is 3.59. The molecular formula is C16H14INO3. The van der Waals surface area contributed by atoms with Gasteiger partial charge in [-0.3, -0.25) is 4.79 Å². The van der Waals surface area contributed by atoms with E-state index in [0.717, 1.165) is 9.13 Å². The molecule has 0 aromatic heterocycles. The molecule has 4 nitrogen and oxygen atoms in total. The smallest absolute Gasteiger partial charge is 0.249 e. The molecule has 2 aromatic rings. The normalized spacial score (nSPS) is 11.2. The summed E-state index contributed by atoms with van der Waals surface area (Å²) in [6.07, 6.45) is 1.65. The van der Waals surface area contributed by atoms with Crippen molar-refractivity contribution < 1.29 is 14.6 Å². The monoisotopic (exact) mass is 395 g/mol. The Morgan fingerprint density at radius 2 is 2.05 bits per heavy atom. The molecule has 21 heavy (non-hydrogen) atoms. The molecule has 0 spiro atoms. The highest BCUT2D eigenvalue weighted by atomic mass is 127. The number of halogens is 1. The zero-order valence-electron chi connectivity index (χ0n) is 11.3. The Hall–Kier alpha value is -2.02. The van der Waals surface area contributed by atoms with E-state index in [-0.39, 0.29) is 5.75 Å². The summed E-state index contributed by atoms with van der Waals surface area (Å²) in [6.45, 7) is 0. The summed E-state index contributed by atoms with van der Waals surface area (Å²) < 4.78 is 6.00. The van der Waals surface area contributed by atoms with Crippen LogP contribution in [0.25, 0.3) is 11.6 Å². The third-order valence-electron chi connectivity index (χ3n) is 2.91. The third kappa shape index (κ3) is 3.75. The highest BCUT2D eigenvalue weighted by Crippen LogP contribution is 2.28. The van der Waals surface area contributed by atoms with Gasteiger partial charge in [-0.05, 0) is 64.1 Å². The number of ether oxygens (including phenoxy) is 1. The van der Waals surface area contributed by atoms with Gasteiger partial charge in [0, 0.05) is 9.14 Å². The molecule has 0 saturated heterocycles. The highest BCUT2D eigenvalue weighted by Gasteiger charge is 2.10. The predicted octanol–water partition coefficient (Wildman–Crippen LogP) is 3.03. The number of methoxy groups -OCH3 is 1. The van der Waals surface area contributed by atoms with Gasteiger partial charge in [0.05, 0.1) is 7.11 Å². The second-order valence-corrected chi connectivity index (χ2v) is 5.61. The van der Waals surface area contributed by atoms with Gasteiger partial charge < -0.3 is 15.6 Å². The highest BCUT2D eigenvalue weighted by molar-refractivity contribution is 14.1. The number of benzene rings is 2. The van der Waals surface area contributed by atoms with Gasteiger partial charge in [0.2, 0.25) is 5.91 Å². The first kappa shape index (κ1) is 15.4. The second kappa shape index (κ2) is 6.62. The maximum absolute atomic E-state index is 11.7.